The molecule has 0 saturated carbocycles. The van der Waals surface area contributed by atoms with Gasteiger partial charge in [-0.15, -0.1) is 0 Å². The summed E-state index contributed by atoms with van der Waals surface area (Å²) in [5.41, 5.74) is 3.83. The van der Waals surface area contributed by atoms with Gasteiger partial charge in [0.25, 0.3) is 0 Å². The minimum atomic E-state index is 0.0193. The number of nitrogens with zero attached hydrogens (tertiary/aromatic N) is 2. The van der Waals surface area contributed by atoms with E-state index in [1.807, 2.05) is 18.3 Å². The van der Waals surface area contributed by atoms with Gasteiger partial charge in [0.1, 0.15) is 0 Å². The number of para-hydroxylation sites is 1. The van der Waals surface area contributed by atoms with Crippen molar-refractivity contribution in [3.8, 4) is 11.5 Å². The van der Waals surface area contributed by atoms with E-state index in [-0.39, 0.29) is 5.54 Å². The molecule has 0 saturated heterocycles. The average Bonchev–Trinajstić information content (AvgIpc) is 3.04. The number of hydrogen-bond acceptors (Lipinski definition) is 4. The van der Waals surface area contributed by atoms with Crippen LogP contribution in [0.25, 0.3) is 0 Å². The zero-order chi connectivity index (χ0) is 18.0. The molecule has 1 aliphatic rings. The van der Waals surface area contributed by atoms with Crippen molar-refractivity contribution in [1.82, 2.24) is 15.1 Å². The van der Waals surface area contributed by atoms with E-state index in [9.17, 15) is 0 Å². The summed E-state index contributed by atoms with van der Waals surface area (Å²) in [6.45, 7) is 7.36. The van der Waals surface area contributed by atoms with Crippen molar-refractivity contribution in [3.05, 3.63) is 41.2 Å². The van der Waals surface area contributed by atoms with E-state index in [1.165, 1.54) is 17.7 Å². The predicted molar refractivity (Wildman–Crippen MR) is 99.3 cm³/mol. The van der Waals surface area contributed by atoms with Gasteiger partial charge in [0, 0.05) is 29.4 Å². The predicted octanol–water partition coefficient (Wildman–Crippen LogP) is 3.82. The molecule has 2 aromatic rings. The summed E-state index contributed by atoms with van der Waals surface area (Å²) in [7, 11) is 3.36. The third-order valence-electron chi connectivity index (χ3n) is 4.84. The van der Waals surface area contributed by atoms with Crippen LogP contribution in [0.5, 0.6) is 11.5 Å². The second-order valence-electron chi connectivity index (χ2n) is 7.61. The van der Waals surface area contributed by atoms with E-state index in [2.05, 4.69) is 41.9 Å². The first kappa shape index (κ1) is 17.8. The second-order valence-corrected chi connectivity index (χ2v) is 7.61. The summed E-state index contributed by atoms with van der Waals surface area (Å²) in [6, 6.07) is 6.34. The van der Waals surface area contributed by atoms with Gasteiger partial charge in [0.15, 0.2) is 11.5 Å². The lowest BCUT2D eigenvalue weighted by atomic mass is 9.92. The molecule has 0 spiro atoms. The highest BCUT2D eigenvalue weighted by Gasteiger charge is 2.28. The minimum absolute atomic E-state index is 0.0193. The zero-order valence-corrected chi connectivity index (χ0v) is 15.9. The van der Waals surface area contributed by atoms with E-state index >= 15 is 0 Å². The molecule has 0 amide bonds. The topological polar surface area (TPSA) is 48.3 Å². The normalized spacial score (nSPS) is 17.2. The van der Waals surface area contributed by atoms with Gasteiger partial charge < -0.3 is 14.8 Å². The van der Waals surface area contributed by atoms with Crippen LogP contribution in [-0.4, -0.2) is 24.0 Å². The van der Waals surface area contributed by atoms with Gasteiger partial charge in [-0.05, 0) is 46.1 Å². The Morgan fingerprint density at radius 2 is 2.04 bits per heavy atom. The molecule has 0 radical (unpaired) electrons. The van der Waals surface area contributed by atoms with Crippen molar-refractivity contribution in [2.75, 3.05) is 14.2 Å². The molecule has 1 atom stereocenters. The highest BCUT2D eigenvalue weighted by atomic mass is 16.5. The maximum atomic E-state index is 5.54. The van der Waals surface area contributed by atoms with E-state index in [0.29, 0.717) is 6.04 Å². The van der Waals surface area contributed by atoms with E-state index in [4.69, 9.17) is 9.47 Å². The van der Waals surface area contributed by atoms with Gasteiger partial charge in [-0.25, -0.2) is 0 Å². The van der Waals surface area contributed by atoms with Crippen LogP contribution in [-0.2, 0) is 18.5 Å². The quantitative estimate of drug-likeness (QED) is 0.896. The average molecular weight is 343 g/mol. The smallest absolute Gasteiger partial charge is 0.165 e. The lowest BCUT2D eigenvalue weighted by Gasteiger charge is -2.28. The van der Waals surface area contributed by atoms with Crippen molar-refractivity contribution in [2.45, 2.75) is 58.2 Å². The molecule has 1 N–H and O–H groups in total. The molecule has 0 fully saturated rings. The number of benzene rings is 1. The number of nitrogens with one attached hydrogen (secondary N) is 1. The van der Waals surface area contributed by atoms with Crippen LogP contribution in [0.4, 0.5) is 0 Å². The molecule has 0 bridgehead atoms. The molecular weight excluding hydrogens is 314 g/mol. The molecule has 25 heavy (non-hydrogen) atoms. The number of aromatic nitrogens is 2. The molecule has 136 valence electrons. The fourth-order valence-electron chi connectivity index (χ4n) is 3.67. The van der Waals surface area contributed by atoms with Crippen molar-refractivity contribution in [3.63, 3.8) is 0 Å². The van der Waals surface area contributed by atoms with Crippen molar-refractivity contribution in [2.24, 2.45) is 0 Å². The number of fused-ring (bicyclic) bond motifs is 1. The van der Waals surface area contributed by atoms with Crippen LogP contribution < -0.4 is 14.8 Å². The van der Waals surface area contributed by atoms with Crippen molar-refractivity contribution >= 4 is 0 Å². The molecule has 5 nitrogen and oxygen atoms in total. The summed E-state index contributed by atoms with van der Waals surface area (Å²) in [5, 5.41) is 8.36. The van der Waals surface area contributed by atoms with Crippen LogP contribution >= 0.6 is 0 Å². The highest BCUT2D eigenvalue weighted by molar-refractivity contribution is 5.46. The molecule has 1 heterocycles. The first-order valence-electron chi connectivity index (χ1n) is 8.96. The molecule has 5 heteroatoms. The summed E-state index contributed by atoms with van der Waals surface area (Å²) in [5.74, 6) is 1.57. The maximum Gasteiger partial charge on any atom is 0.165 e. The Balaban J connectivity index is 1.80. The first-order valence-corrected chi connectivity index (χ1v) is 8.96. The van der Waals surface area contributed by atoms with Crippen LogP contribution in [0.1, 0.15) is 56.5 Å². The first-order chi connectivity index (χ1) is 12.0. The summed E-state index contributed by atoms with van der Waals surface area (Å²) >= 11 is 0. The summed E-state index contributed by atoms with van der Waals surface area (Å²) < 4.78 is 13.1. The van der Waals surface area contributed by atoms with Crippen molar-refractivity contribution < 1.29 is 9.47 Å². The van der Waals surface area contributed by atoms with Crippen LogP contribution in [0, 0.1) is 0 Å². The number of hydrogen-bond donors (Lipinski definition) is 1. The van der Waals surface area contributed by atoms with Crippen LogP contribution in [0.15, 0.2) is 24.4 Å². The Labute approximate surface area is 150 Å². The molecule has 1 aromatic carbocycles. The van der Waals surface area contributed by atoms with Crippen LogP contribution in [0.2, 0.25) is 0 Å². The van der Waals surface area contributed by atoms with Gasteiger partial charge in [-0.2, -0.15) is 5.10 Å². The van der Waals surface area contributed by atoms with Crippen molar-refractivity contribution in [1.29, 1.82) is 0 Å². The maximum absolute atomic E-state index is 5.54. The zero-order valence-electron chi connectivity index (χ0n) is 15.9. The molecule has 1 aromatic heterocycles. The monoisotopic (exact) mass is 343 g/mol. The Kier molecular flexibility index (Phi) is 5.04. The second kappa shape index (κ2) is 7.08. The third kappa shape index (κ3) is 3.52. The largest absolute Gasteiger partial charge is 0.493 e. The molecule has 0 aliphatic heterocycles. The number of ether oxygens (including phenoxy) is 2. The Morgan fingerprint density at radius 1 is 1.24 bits per heavy atom. The Morgan fingerprint density at radius 3 is 2.72 bits per heavy atom. The highest BCUT2D eigenvalue weighted by Crippen LogP contribution is 2.34. The fourth-order valence-corrected chi connectivity index (χ4v) is 3.67. The van der Waals surface area contributed by atoms with Gasteiger partial charge in [-0.1, -0.05) is 12.1 Å². The summed E-state index contributed by atoms with van der Waals surface area (Å²) in [4.78, 5) is 0. The van der Waals surface area contributed by atoms with Crippen LogP contribution in [0.3, 0.4) is 0 Å². The SMILES string of the molecule is COc1cccc(CNC2CCCc3c2cnn3C(C)(C)C)c1OC. The van der Waals surface area contributed by atoms with E-state index < -0.39 is 0 Å². The Hall–Kier alpha value is -2.01. The minimum Gasteiger partial charge on any atom is -0.493 e. The van der Waals surface area contributed by atoms with Gasteiger partial charge in [0.05, 0.1) is 26.0 Å². The van der Waals surface area contributed by atoms with Gasteiger partial charge in [0.2, 0.25) is 0 Å². The summed E-state index contributed by atoms with van der Waals surface area (Å²) in [6.07, 6.45) is 5.46. The standard InChI is InChI=1S/C20H29N3O2/c1-20(2,3)23-17-10-7-9-16(15(17)13-22-23)21-12-14-8-6-11-18(24-4)19(14)25-5/h6,8,11,13,16,21H,7,9-10,12H2,1-5H3. The van der Waals surface area contributed by atoms with Gasteiger partial charge >= 0.3 is 0 Å². The fraction of sp³-hybridized carbons (Fsp3) is 0.550. The van der Waals surface area contributed by atoms with E-state index in [1.54, 1.807) is 14.2 Å². The van der Waals surface area contributed by atoms with Gasteiger partial charge in [-0.3, -0.25) is 4.68 Å². The lowest BCUT2D eigenvalue weighted by molar-refractivity contribution is 0.333. The third-order valence-corrected chi connectivity index (χ3v) is 4.84. The van der Waals surface area contributed by atoms with E-state index in [0.717, 1.165) is 36.4 Å². The molecular formula is C20H29N3O2. The molecule has 1 aliphatic carbocycles. The molecule has 3 rings (SSSR count). The Bertz CT molecular complexity index is 731. The molecule has 1 unspecified atom stereocenters. The lowest BCUT2D eigenvalue weighted by Crippen LogP contribution is -2.29. The number of rotatable bonds is 5. The number of methoxy groups -OCH3 is 2.